The first kappa shape index (κ1) is 30.5. The molecule has 0 heterocycles. The number of rotatable bonds is 11. The van der Waals surface area contributed by atoms with Crippen LogP contribution in [0.3, 0.4) is 0 Å². The Hall–Kier alpha value is -3.07. The average molecular weight is 591 g/mol. The quantitative estimate of drug-likeness (QED) is 0.311. The highest BCUT2D eigenvalue weighted by Crippen LogP contribution is 2.26. The van der Waals surface area contributed by atoms with Gasteiger partial charge in [0.1, 0.15) is 12.6 Å². The number of aryl methyl sites for hydroxylation is 1. The number of benzene rings is 3. The zero-order valence-electron chi connectivity index (χ0n) is 22.4. The Balaban J connectivity index is 2.01. The first-order valence-electron chi connectivity index (χ1n) is 12.5. The summed E-state index contributed by atoms with van der Waals surface area (Å²) in [5, 5.41) is 3.74. The number of amides is 2. The third-order valence-corrected chi connectivity index (χ3v) is 8.37. The minimum atomic E-state index is -4.15. The molecule has 0 saturated heterocycles. The number of anilines is 1. The number of nitrogens with one attached hydrogen (secondary N) is 1. The van der Waals surface area contributed by atoms with E-state index in [1.54, 1.807) is 55.5 Å². The summed E-state index contributed by atoms with van der Waals surface area (Å²) in [4.78, 5) is 28.3. The minimum absolute atomic E-state index is 0.00982. The van der Waals surface area contributed by atoms with E-state index in [1.807, 2.05) is 20.8 Å². The van der Waals surface area contributed by atoms with Gasteiger partial charge in [-0.1, -0.05) is 66.9 Å². The average Bonchev–Trinajstić information content (AvgIpc) is 2.89. The van der Waals surface area contributed by atoms with Crippen molar-refractivity contribution in [3.8, 4) is 0 Å². The van der Waals surface area contributed by atoms with Gasteiger partial charge < -0.3 is 10.2 Å². The molecular weight excluding hydrogens is 557 g/mol. The topological polar surface area (TPSA) is 86.8 Å². The molecule has 2 amide bonds. The molecule has 1 atom stereocenters. The van der Waals surface area contributed by atoms with Gasteiger partial charge in [-0.15, -0.1) is 0 Å². The highest BCUT2D eigenvalue weighted by Gasteiger charge is 2.32. The number of hydrogen-bond donors (Lipinski definition) is 1. The third kappa shape index (κ3) is 8.21. The van der Waals surface area contributed by atoms with Crippen molar-refractivity contribution in [3.63, 3.8) is 0 Å². The van der Waals surface area contributed by atoms with E-state index in [0.717, 1.165) is 9.87 Å². The zero-order valence-corrected chi connectivity index (χ0v) is 24.7. The number of sulfonamides is 1. The standard InChI is InChI=1S/C29H33Cl2N3O4S/c1-20(2)17-32-29(36)22(4)33(18-23-6-5-7-25(31)16-23)28(35)19-34(26-12-8-21(3)9-13-26)39(37,38)27-14-10-24(30)11-15-27/h5-16,20,22H,17-19H2,1-4H3,(H,32,36). The summed E-state index contributed by atoms with van der Waals surface area (Å²) in [5.74, 6) is -0.651. The van der Waals surface area contributed by atoms with Gasteiger partial charge in [-0.3, -0.25) is 13.9 Å². The molecule has 3 aromatic rings. The Morgan fingerprint density at radius 3 is 2.13 bits per heavy atom. The van der Waals surface area contributed by atoms with E-state index >= 15 is 0 Å². The van der Waals surface area contributed by atoms with Crippen molar-refractivity contribution in [1.29, 1.82) is 0 Å². The molecule has 0 aliphatic rings. The molecule has 3 rings (SSSR count). The van der Waals surface area contributed by atoms with E-state index in [1.165, 1.54) is 29.2 Å². The van der Waals surface area contributed by atoms with E-state index in [0.29, 0.717) is 27.8 Å². The van der Waals surface area contributed by atoms with Crippen molar-refractivity contribution in [2.45, 2.75) is 45.2 Å². The van der Waals surface area contributed by atoms with Gasteiger partial charge >= 0.3 is 0 Å². The Morgan fingerprint density at radius 1 is 0.897 bits per heavy atom. The lowest BCUT2D eigenvalue weighted by molar-refractivity contribution is -0.139. The largest absolute Gasteiger partial charge is 0.354 e. The van der Waals surface area contributed by atoms with Crippen LogP contribution in [0.15, 0.2) is 77.7 Å². The second kappa shape index (κ2) is 13.3. The molecule has 0 aromatic heterocycles. The monoisotopic (exact) mass is 589 g/mol. The second-order valence-corrected chi connectivity index (χ2v) is 12.5. The van der Waals surface area contributed by atoms with Crippen LogP contribution in [0.1, 0.15) is 31.9 Å². The van der Waals surface area contributed by atoms with Crippen LogP contribution in [-0.4, -0.2) is 44.3 Å². The molecule has 208 valence electrons. The Labute approximate surface area is 240 Å². The van der Waals surface area contributed by atoms with E-state index in [-0.39, 0.29) is 23.3 Å². The normalized spacial score (nSPS) is 12.2. The first-order valence-corrected chi connectivity index (χ1v) is 14.7. The molecule has 1 N–H and O–H groups in total. The molecule has 0 spiro atoms. The van der Waals surface area contributed by atoms with Crippen LogP contribution in [0.25, 0.3) is 0 Å². The van der Waals surface area contributed by atoms with Crippen LogP contribution < -0.4 is 9.62 Å². The van der Waals surface area contributed by atoms with Crippen LogP contribution in [0.4, 0.5) is 5.69 Å². The molecule has 10 heteroatoms. The molecule has 0 aliphatic carbocycles. The summed E-state index contributed by atoms with van der Waals surface area (Å²) in [6, 6.07) is 18.7. The van der Waals surface area contributed by atoms with Crippen LogP contribution >= 0.6 is 23.2 Å². The molecule has 39 heavy (non-hydrogen) atoms. The van der Waals surface area contributed by atoms with E-state index in [4.69, 9.17) is 23.2 Å². The molecule has 0 radical (unpaired) electrons. The van der Waals surface area contributed by atoms with Crippen LogP contribution in [0.2, 0.25) is 10.0 Å². The number of hydrogen-bond acceptors (Lipinski definition) is 4. The van der Waals surface area contributed by atoms with Gasteiger partial charge in [-0.25, -0.2) is 8.42 Å². The van der Waals surface area contributed by atoms with Crippen molar-refractivity contribution < 1.29 is 18.0 Å². The predicted molar refractivity (Wildman–Crippen MR) is 156 cm³/mol. The lowest BCUT2D eigenvalue weighted by atomic mass is 10.1. The van der Waals surface area contributed by atoms with Crippen LogP contribution in [-0.2, 0) is 26.2 Å². The van der Waals surface area contributed by atoms with Gasteiger partial charge in [-0.2, -0.15) is 0 Å². The van der Waals surface area contributed by atoms with Crippen molar-refractivity contribution in [2.75, 3.05) is 17.4 Å². The Kier molecular flexibility index (Phi) is 10.4. The lowest BCUT2D eigenvalue weighted by Crippen LogP contribution is -2.51. The van der Waals surface area contributed by atoms with E-state index in [9.17, 15) is 18.0 Å². The van der Waals surface area contributed by atoms with Crippen LogP contribution in [0.5, 0.6) is 0 Å². The smallest absolute Gasteiger partial charge is 0.264 e. The summed E-state index contributed by atoms with van der Waals surface area (Å²) in [6.45, 7) is 7.46. The highest BCUT2D eigenvalue weighted by molar-refractivity contribution is 7.92. The predicted octanol–water partition coefficient (Wildman–Crippen LogP) is 5.69. The van der Waals surface area contributed by atoms with Crippen molar-refractivity contribution in [2.24, 2.45) is 5.92 Å². The number of carbonyl (C=O) groups is 2. The maximum Gasteiger partial charge on any atom is 0.264 e. The fourth-order valence-corrected chi connectivity index (χ4v) is 5.59. The third-order valence-electron chi connectivity index (χ3n) is 6.10. The van der Waals surface area contributed by atoms with Gasteiger partial charge in [0, 0.05) is 23.1 Å². The second-order valence-electron chi connectivity index (χ2n) is 9.77. The highest BCUT2D eigenvalue weighted by atomic mass is 35.5. The molecule has 0 saturated carbocycles. The van der Waals surface area contributed by atoms with E-state index in [2.05, 4.69) is 5.32 Å². The number of carbonyl (C=O) groups excluding carboxylic acids is 2. The molecule has 0 fully saturated rings. The minimum Gasteiger partial charge on any atom is -0.354 e. The van der Waals surface area contributed by atoms with Crippen molar-refractivity contribution in [1.82, 2.24) is 10.2 Å². The lowest BCUT2D eigenvalue weighted by Gasteiger charge is -2.32. The van der Waals surface area contributed by atoms with Crippen LogP contribution in [0, 0.1) is 12.8 Å². The van der Waals surface area contributed by atoms with Crippen molar-refractivity contribution >= 4 is 50.7 Å². The summed E-state index contributed by atoms with van der Waals surface area (Å²) >= 11 is 12.2. The Bertz CT molecular complexity index is 1390. The van der Waals surface area contributed by atoms with E-state index < -0.39 is 28.5 Å². The molecule has 1 unspecified atom stereocenters. The fourth-order valence-electron chi connectivity index (χ4n) is 3.84. The van der Waals surface area contributed by atoms with Gasteiger partial charge in [0.2, 0.25) is 11.8 Å². The SMILES string of the molecule is Cc1ccc(N(CC(=O)N(Cc2cccc(Cl)c2)C(C)C(=O)NCC(C)C)S(=O)(=O)c2ccc(Cl)cc2)cc1. The van der Waals surface area contributed by atoms with Gasteiger partial charge in [0.05, 0.1) is 10.6 Å². The summed E-state index contributed by atoms with van der Waals surface area (Å²) < 4.78 is 28.6. The fraction of sp³-hybridized carbons (Fsp3) is 0.310. The summed E-state index contributed by atoms with van der Waals surface area (Å²) in [6.07, 6.45) is 0. The number of halogens is 2. The number of nitrogens with zero attached hydrogens (tertiary/aromatic N) is 2. The summed E-state index contributed by atoms with van der Waals surface area (Å²) in [7, 11) is -4.15. The van der Waals surface area contributed by atoms with Gasteiger partial charge in [0.15, 0.2) is 0 Å². The molecule has 7 nitrogen and oxygen atoms in total. The molecular formula is C29H33Cl2N3O4S. The first-order chi connectivity index (χ1) is 18.4. The summed E-state index contributed by atoms with van der Waals surface area (Å²) in [5.41, 5.74) is 1.97. The Morgan fingerprint density at radius 2 is 1.54 bits per heavy atom. The van der Waals surface area contributed by atoms with Gasteiger partial charge in [-0.05, 0) is 73.9 Å². The molecule has 0 aliphatic heterocycles. The maximum atomic E-state index is 13.9. The van der Waals surface area contributed by atoms with Crippen molar-refractivity contribution in [3.05, 3.63) is 94.0 Å². The maximum absolute atomic E-state index is 13.9. The zero-order chi connectivity index (χ0) is 28.7. The van der Waals surface area contributed by atoms with Gasteiger partial charge in [0.25, 0.3) is 10.0 Å². The molecule has 3 aromatic carbocycles. The molecule has 0 bridgehead atoms.